The summed E-state index contributed by atoms with van der Waals surface area (Å²) >= 11 is 0. The zero-order valence-corrected chi connectivity index (χ0v) is 5.34. The second-order valence-electron chi connectivity index (χ2n) is 2.60. The van der Waals surface area contributed by atoms with E-state index in [4.69, 9.17) is 0 Å². The number of carbonyl (C=O) groups excluding carboxylic acids is 1. The molecule has 1 radical (unpaired) electrons. The Hall–Kier alpha value is -0.570. The molecule has 1 amide bonds. The number of rotatable bonds is 1. The van der Waals surface area contributed by atoms with Gasteiger partial charge >= 0.3 is 0 Å². The van der Waals surface area contributed by atoms with E-state index < -0.39 is 5.54 Å². The Morgan fingerprint density at radius 1 is 1.38 bits per heavy atom. The number of hydrogen-bond acceptors (Lipinski definition) is 1. The van der Waals surface area contributed by atoms with Gasteiger partial charge in [-0.3, -0.25) is 4.79 Å². The highest BCUT2D eigenvalue weighted by Gasteiger charge is 2.17. The third kappa shape index (κ3) is 1.93. The monoisotopic (exact) mass is 116 g/mol. The first-order valence-electron chi connectivity index (χ1n) is 2.40. The van der Waals surface area contributed by atoms with E-state index in [9.17, 15) is 10.0 Å². The summed E-state index contributed by atoms with van der Waals surface area (Å²) in [7, 11) is 0. The average Bonchev–Trinajstić information content (AvgIpc) is 1.62. The molecule has 0 saturated heterocycles. The maximum Gasteiger partial charge on any atom is 0.236 e. The molecule has 0 aliphatic rings. The van der Waals surface area contributed by atoms with Crippen molar-refractivity contribution in [1.82, 2.24) is 5.06 Å². The van der Waals surface area contributed by atoms with Gasteiger partial charge in [0, 0.05) is 0 Å². The quantitative estimate of drug-likeness (QED) is 0.365. The largest absolute Gasteiger partial charge is 0.276 e. The Kier molecular flexibility index (Phi) is 1.98. The van der Waals surface area contributed by atoms with Crippen molar-refractivity contribution in [2.75, 3.05) is 0 Å². The molecule has 3 heteroatoms. The summed E-state index contributed by atoms with van der Waals surface area (Å²) in [6.07, 6.45) is 0.278. The van der Waals surface area contributed by atoms with E-state index in [1.807, 2.05) is 0 Å². The van der Waals surface area contributed by atoms with Gasteiger partial charge in [0.25, 0.3) is 0 Å². The second kappa shape index (κ2) is 2.13. The molecule has 0 rings (SSSR count). The molecule has 0 aromatic heterocycles. The molecule has 0 unspecified atom stereocenters. The summed E-state index contributed by atoms with van der Waals surface area (Å²) in [4.78, 5) is 9.76. The van der Waals surface area contributed by atoms with Crippen LogP contribution in [0.4, 0.5) is 0 Å². The van der Waals surface area contributed by atoms with Gasteiger partial charge in [-0.25, -0.2) is 0 Å². The summed E-state index contributed by atoms with van der Waals surface area (Å²) in [5, 5.41) is 10.8. The Morgan fingerprint density at radius 3 is 1.75 bits per heavy atom. The fourth-order valence-corrected chi connectivity index (χ4v) is 0.158. The zero-order chi connectivity index (χ0) is 6.78. The summed E-state index contributed by atoms with van der Waals surface area (Å²) in [6, 6.07) is 0. The molecule has 0 fully saturated rings. The third-order valence-electron chi connectivity index (χ3n) is 0.757. The van der Waals surface area contributed by atoms with Crippen LogP contribution >= 0.6 is 0 Å². The lowest BCUT2D eigenvalue weighted by Crippen LogP contribution is -2.36. The van der Waals surface area contributed by atoms with Crippen LogP contribution in [0.3, 0.4) is 0 Å². The molecule has 0 aliphatic heterocycles. The van der Waals surface area contributed by atoms with Gasteiger partial charge < -0.3 is 0 Å². The van der Waals surface area contributed by atoms with Gasteiger partial charge in [-0.2, -0.15) is 5.06 Å². The van der Waals surface area contributed by atoms with Gasteiger partial charge in [0.2, 0.25) is 6.41 Å². The van der Waals surface area contributed by atoms with E-state index in [0.717, 1.165) is 0 Å². The second-order valence-corrected chi connectivity index (χ2v) is 2.60. The van der Waals surface area contributed by atoms with Gasteiger partial charge in [-0.05, 0) is 20.8 Å². The van der Waals surface area contributed by atoms with Crippen LogP contribution in [0, 0.1) is 0 Å². The molecule has 0 aliphatic carbocycles. The van der Waals surface area contributed by atoms with Crippen LogP contribution in [-0.4, -0.2) is 17.0 Å². The molecule has 47 valence electrons. The number of hydrogen-bond donors (Lipinski definition) is 0. The third-order valence-corrected chi connectivity index (χ3v) is 0.757. The lowest BCUT2D eigenvalue weighted by Gasteiger charge is -2.22. The average molecular weight is 116 g/mol. The predicted molar refractivity (Wildman–Crippen MR) is 28.3 cm³/mol. The Balaban J connectivity index is 3.80. The minimum absolute atomic E-state index is 0.278. The maximum absolute atomic E-state index is 10.4. The molecule has 0 spiro atoms. The van der Waals surface area contributed by atoms with Crippen LogP contribution in [0.1, 0.15) is 20.8 Å². The molecule has 0 aromatic carbocycles. The summed E-state index contributed by atoms with van der Waals surface area (Å²) in [6.45, 7) is 5.03. The van der Waals surface area contributed by atoms with Gasteiger partial charge in [0.05, 0.1) is 5.54 Å². The predicted octanol–water partition coefficient (Wildman–Crippen LogP) is 0.589. The van der Waals surface area contributed by atoms with Crippen molar-refractivity contribution < 1.29 is 10.0 Å². The van der Waals surface area contributed by atoms with E-state index >= 15 is 0 Å². The number of amides is 1. The standard InChI is InChI=1S/C5H10NO2/c1-5(2,3)6(8)4-7/h4H,1-3H3. The topological polar surface area (TPSA) is 40.2 Å². The van der Waals surface area contributed by atoms with E-state index in [2.05, 4.69) is 0 Å². The maximum atomic E-state index is 10.4. The van der Waals surface area contributed by atoms with Gasteiger partial charge in [0.1, 0.15) is 0 Å². The highest BCUT2D eigenvalue weighted by molar-refractivity contribution is 5.45. The molecule has 0 N–H and O–H groups in total. The van der Waals surface area contributed by atoms with Gasteiger partial charge in [-0.1, -0.05) is 5.21 Å². The number of hydroxylamine groups is 2. The summed E-state index contributed by atoms with van der Waals surface area (Å²) in [5.41, 5.74) is -0.582. The summed E-state index contributed by atoms with van der Waals surface area (Å²) < 4.78 is 0. The van der Waals surface area contributed by atoms with Crippen LogP contribution in [0.2, 0.25) is 0 Å². The molecule has 0 bridgehead atoms. The first-order valence-corrected chi connectivity index (χ1v) is 2.40. The molecule has 0 atom stereocenters. The highest BCUT2D eigenvalue weighted by Crippen LogP contribution is 2.06. The van der Waals surface area contributed by atoms with Crippen molar-refractivity contribution in [2.24, 2.45) is 0 Å². The molecule has 0 saturated carbocycles. The van der Waals surface area contributed by atoms with Crippen LogP contribution in [0.25, 0.3) is 0 Å². The minimum atomic E-state index is -0.582. The van der Waals surface area contributed by atoms with Crippen LogP contribution < -0.4 is 0 Å². The van der Waals surface area contributed by atoms with Crippen LogP contribution in [-0.2, 0) is 10.0 Å². The van der Waals surface area contributed by atoms with E-state index in [-0.39, 0.29) is 6.41 Å². The lowest BCUT2D eigenvalue weighted by atomic mass is 10.1. The summed E-state index contributed by atoms with van der Waals surface area (Å²) in [5.74, 6) is 0. The molecular weight excluding hydrogens is 106 g/mol. The first kappa shape index (κ1) is 7.43. The van der Waals surface area contributed by atoms with Crippen molar-refractivity contribution >= 4 is 6.41 Å². The Labute approximate surface area is 48.9 Å². The Morgan fingerprint density at radius 2 is 1.75 bits per heavy atom. The molecule has 3 nitrogen and oxygen atoms in total. The van der Waals surface area contributed by atoms with Gasteiger partial charge in [0.15, 0.2) is 0 Å². The SMILES string of the molecule is CC(C)(C)N([O])C=O. The van der Waals surface area contributed by atoms with Crippen LogP contribution in [0.15, 0.2) is 0 Å². The Bertz CT molecular complexity index is 84.9. The van der Waals surface area contributed by atoms with Crippen LogP contribution in [0.5, 0.6) is 0 Å². The van der Waals surface area contributed by atoms with E-state index in [0.29, 0.717) is 5.06 Å². The number of carbonyl (C=O) groups is 1. The van der Waals surface area contributed by atoms with E-state index in [1.54, 1.807) is 20.8 Å². The molecule has 0 heterocycles. The fourth-order valence-electron chi connectivity index (χ4n) is 0.158. The number of nitrogens with zero attached hydrogens (tertiary/aromatic N) is 1. The first-order chi connectivity index (χ1) is 3.48. The lowest BCUT2D eigenvalue weighted by molar-refractivity contribution is -0.201. The van der Waals surface area contributed by atoms with Crippen molar-refractivity contribution in [3.05, 3.63) is 0 Å². The van der Waals surface area contributed by atoms with Crippen molar-refractivity contribution in [2.45, 2.75) is 26.3 Å². The van der Waals surface area contributed by atoms with Crippen molar-refractivity contribution in [3.63, 3.8) is 0 Å². The molecule has 0 aromatic rings. The normalized spacial score (nSPS) is 11.0. The molecular formula is C5H10NO2. The van der Waals surface area contributed by atoms with E-state index in [1.165, 1.54) is 0 Å². The fraction of sp³-hybridized carbons (Fsp3) is 0.800. The van der Waals surface area contributed by atoms with Crippen molar-refractivity contribution in [3.8, 4) is 0 Å². The smallest absolute Gasteiger partial charge is 0.236 e. The van der Waals surface area contributed by atoms with Gasteiger partial charge in [-0.15, -0.1) is 0 Å². The molecule has 8 heavy (non-hydrogen) atoms. The minimum Gasteiger partial charge on any atom is -0.276 e. The van der Waals surface area contributed by atoms with Crippen molar-refractivity contribution in [1.29, 1.82) is 0 Å². The highest BCUT2D eigenvalue weighted by atomic mass is 16.5. The zero-order valence-electron chi connectivity index (χ0n) is 5.34.